The van der Waals surface area contributed by atoms with Crippen molar-refractivity contribution in [3.05, 3.63) is 59.9 Å². The molecule has 0 aliphatic carbocycles. The summed E-state index contributed by atoms with van der Waals surface area (Å²) in [6, 6.07) is 13.4. The smallest absolute Gasteiger partial charge is 0.387 e. The molecule has 0 fully saturated rings. The minimum atomic E-state index is -2.96. The van der Waals surface area contributed by atoms with Crippen molar-refractivity contribution < 1.29 is 23.0 Å². The van der Waals surface area contributed by atoms with E-state index in [0.29, 0.717) is 29.1 Å². The summed E-state index contributed by atoms with van der Waals surface area (Å²) in [5, 5.41) is 7.14. The monoisotopic (exact) mass is 415 g/mol. The number of nitrogens with one attached hydrogen (secondary N) is 1. The van der Waals surface area contributed by atoms with Gasteiger partial charge >= 0.3 is 6.61 Å². The lowest BCUT2D eigenvalue weighted by Gasteiger charge is -2.14. The molecule has 1 heterocycles. The Balaban J connectivity index is 1.77. The van der Waals surface area contributed by atoms with Gasteiger partial charge in [0.25, 0.3) is 0 Å². The second kappa shape index (κ2) is 9.39. The molecule has 8 heteroatoms. The van der Waals surface area contributed by atoms with E-state index in [9.17, 15) is 13.6 Å². The van der Waals surface area contributed by atoms with Crippen molar-refractivity contribution in [1.29, 1.82) is 0 Å². The van der Waals surface area contributed by atoms with Crippen LogP contribution in [0.1, 0.15) is 17.8 Å². The number of methoxy groups -OCH3 is 1. The second-order valence-corrected chi connectivity index (χ2v) is 6.77. The van der Waals surface area contributed by atoms with E-state index in [2.05, 4.69) is 15.2 Å². The molecule has 0 aliphatic heterocycles. The zero-order valence-corrected chi connectivity index (χ0v) is 17.0. The van der Waals surface area contributed by atoms with Gasteiger partial charge in [0, 0.05) is 29.9 Å². The van der Waals surface area contributed by atoms with Crippen molar-refractivity contribution in [3.8, 4) is 22.6 Å². The van der Waals surface area contributed by atoms with E-state index in [1.165, 1.54) is 12.1 Å². The molecule has 0 radical (unpaired) electrons. The first-order valence-electron chi connectivity index (χ1n) is 9.40. The average molecular weight is 415 g/mol. The largest absolute Gasteiger partial charge is 0.497 e. The van der Waals surface area contributed by atoms with Gasteiger partial charge < -0.3 is 14.8 Å². The van der Waals surface area contributed by atoms with E-state index in [1.807, 2.05) is 19.9 Å². The molecule has 0 atom stereocenters. The zero-order valence-electron chi connectivity index (χ0n) is 17.0. The van der Waals surface area contributed by atoms with Gasteiger partial charge in [-0.05, 0) is 55.8 Å². The maximum atomic E-state index is 12.8. The SMILES string of the molecule is COc1ccc(-c2cc(NC(=O)CCn3nc(C)cc3C)ccc2OC(F)F)cc1. The molecule has 2 aromatic carbocycles. The van der Waals surface area contributed by atoms with E-state index in [1.54, 1.807) is 42.1 Å². The summed E-state index contributed by atoms with van der Waals surface area (Å²) >= 11 is 0. The van der Waals surface area contributed by atoms with Crippen molar-refractivity contribution in [2.24, 2.45) is 0 Å². The Morgan fingerprint density at radius 2 is 1.87 bits per heavy atom. The molecular weight excluding hydrogens is 392 g/mol. The number of amides is 1. The first-order chi connectivity index (χ1) is 14.4. The van der Waals surface area contributed by atoms with Crippen LogP contribution in [0, 0.1) is 13.8 Å². The number of halogens is 2. The van der Waals surface area contributed by atoms with Gasteiger partial charge in [-0.1, -0.05) is 12.1 Å². The highest BCUT2D eigenvalue weighted by Crippen LogP contribution is 2.34. The lowest BCUT2D eigenvalue weighted by molar-refractivity contribution is -0.116. The van der Waals surface area contributed by atoms with E-state index in [0.717, 1.165) is 11.4 Å². The Hall–Kier alpha value is -3.42. The molecule has 0 unspecified atom stereocenters. The molecule has 6 nitrogen and oxygen atoms in total. The van der Waals surface area contributed by atoms with Gasteiger partial charge in [0.1, 0.15) is 11.5 Å². The summed E-state index contributed by atoms with van der Waals surface area (Å²) in [5.41, 5.74) is 3.46. The fourth-order valence-corrected chi connectivity index (χ4v) is 3.13. The predicted molar refractivity (Wildman–Crippen MR) is 110 cm³/mol. The number of aromatic nitrogens is 2. The van der Waals surface area contributed by atoms with Gasteiger partial charge in [-0.2, -0.15) is 13.9 Å². The van der Waals surface area contributed by atoms with Crippen molar-refractivity contribution in [2.75, 3.05) is 12.4 Å². The van der Waals surface area contributed by atoms with Gasteiger partial charge in [-0.3, -0.25) is 9.48 Å². The Morgan fingerprint density at radius 1 is 1.13 bits per heavy atom. The maximum Gasteiger partial charge on any atom is 0.387 e. The van der Waals surface area contributed by atoms with Crippen LogP contribution in [0.2, 0.25) is 0 Å². The molecule has 0 aliphatic rings. The zero-order chi connectivity index (χ0) is 21.7. The van der Waals surface area contributed by atoms with Crippen LogP contribution < -0.4 is 14.8 Å². The minimum absolute atomic E-state index is 0.0239. The number of anilines is 1. The van der Waals surface area contributed by atoms with E-state index >= 15 is 0 Å². The van der Waals surface area contributed by atoms with Crippen LogP contribution in [0.25, 0.3) is 11.1 Å². The highest BCUT2D eigenvalue weighted by atomic mass is 19.3. The molecule has 0 saturated carbocycles. The molecule has 30 heavy (non-hydrogen) atoms. The number of rotatable bonds is 8. The van der Waals surface area contributed by atoms with Crippen LogP contribution in [0.4, 0.5) is 14.5 Å². The molecule has 1 aromatic heterocycles. The summed E-state index contributed by atoms with van der Waals surface area (Å²) < 4.78 is 37.2. The van der Waals surface area contributed by atoms with Crippen molar-refractivity contribution >= 4 is 11.6 Å². The number of alkyl halides is 2. The lowest BCUT2D eigenvalue weighted by atomic mass is 10.0. The quantitative estimate of drug-likeness (QED) is 0.574. The first-order valence-corrected chi connectivity index (χ1v) is 9.40. The maximum absolute atomic E-state index is 12.8. The molecular formula is C22H23F2N3O3. The number of carbonyl (C=O) groups is 1. The molecule has 158 valence electrons. The van der Waals surface area contributed by atoms with Gasteiger partial charge in [0.05, 0.1) is 12.8 Å². The third kappa shape index (κ3) is 5.34. The predicted octanol–water partition coefficient (Wildman–Crippen LogP) is 4.81. The van der Waals surface area contributed by atoms with Crippen molar-refractivity contribution in [1.82, 2.24) is 9.78 Å². The van der Waals surface area contributed by atoms with Gasteiger partial charge in [0.15, 0.2) is 0 Å². The van der Waals surface area contributed by atoms with Gasteiger partial charge in [-0.25, -0.2) is 0 Å². The fourth-order valence-electron chi connectivity index (χ4n) is 3.13. The standard InChI is InChI=1S/C22H23F2N3O3/c1-14-12-15(2)27(26-14)11-10-21(28)25-17-6-9-20(30-22(23)24)19(13-17)16-4-7-18(29-3)8-5-16/h4-9,12-13,22H,10-11H2,1-3H3,(H,25,28). The Morgan fingerprint density at radius 3 is 2.47 bits per heavy atom. The summed E-state index contributed by atoms with van der Waals surface area (Å²) in [6.07, 6.45) is 0.231. The first kappa shape index (κ1) is 21.3. The molecule has 1 N–H and O–H groups in total. The number of hydrogen-bond donors (Lipinski definition) is 1. The number of aryl methyl sites for hydroxylation is 3. The second-order valence-electron chi connectivity index (χ2n) is 6.77. The summed E-state index contributed by atoms with van der Waals surface area (Å²) in [4.78, 5) is 12.4. The summed E-state index contributed by atoms with van der Waals surface area (Å²) in [5.74, 6) is 0.463. The van der Waals surface area contributed by atoms with Crippen molar-refractivity contribution in [2.45, 2.75) is 33.4 Å². The van der Waals surface area contributed by atoms with E-state index in [4.69, 9.17) is 4.74 Å². The molecule has 1 amide bonds. The Bertz CT molecular complexity index is 1020. The third-order valence-corrected chi connectivity index (χ3v) is 4.53. The van der Waals surface area contributed by atoms with Crippen LogP contribution in [0.15, 0.2) is 48.5 Å². The molecule has 0 saturated heterocycles. The van der Waals surface area contributed by atoms with Crippen LogP contribution >= 0.6 is 0 Å². The number of nitrogens with zero attached hydrogens (tertiary/aromatic N) is 2. The number of benzene rings is 2. The molecule has 3 aromatic rings. The van der Waals surface area contributed by atoms with Crippen LogP contribution in [-0.2, 0) is 11.3 Å². The normalized spacial score (nSPS) is 10.9. The number of ether oxygens (including phenoxy) is 2. The highest BCUT2D eigenvalue weighted by Gasteiger charge is 2.14. The van der Waals surface area contributed by atoms with E-state index in [-0.39, 0.29) is 18.1 Å². The minimum Gasteiger partial charge on any atom is -0.497 e. The summed E-state index contributed by atoms with van der Waals surface area (Å²) in [6.45, 7) is 1.32. The average Bonchev–Trinajstić information content (AvgIpc) is 3.04. The molecule has 0 bridgehead atoms. The Kier molecular flexibility index (Phi) is 6.66. The topological polar surface area (TPSA) is 65.4 Å². The molecule has 0 spiro atoms. The third-order valence-electron chi connectivity index (χ3n) is 4.53. The number of carbonyl (C=O) groups excluding carboxylic acids is 1. The van der Waals surface area contributed by atoms with Crippen LogP contribution in [0.3, 0.4) is 0 Å². The van der Waals surface area contributed by atoms with Crippen LogP contribution in [0.5, 0.6) is 11.5 Å². The summed E-state index contributed by atoms with van der Waals surface area (Å²) in [7, 11) is 1.54. The lowest BCUT2D eigenvalue weighted by Crippen LogP contribution is -2.15. The molecule has 3 rings (SSSR count). The number of hydrogen-bond acceptors (Lipinski definition) is 4. The van der Waals surface area contributed by atoms with Gasteiger partial charge in [0.2, 0.25) is 5.91 Å². The van der Waals surface area contributed by atoms with E-state index < -0.39 is 6.61 Å². The Labute approximate surface area is 173 Å². The van der Waals surface area contributed by atoms with Gasteiger partial charge in [-0.15, -0.1) is 0 Å². The highest BCUT2D eigenvalue weighted by molar-refractivity contribution is 5.92. The fraction of sp³-hybridized carbons (Fsp3) is 0.273. The van der Waals surface area contributed by atoms with Crippen molar-refractivity contribution in [3.63, 3.8) is 0 Å². The van der Waals surface area contributed by atoms with Crippen LogP contribution in [-0.4, -0.2) is 29.4 Å².